The van der Waals surface area contributed by atoms with Crippen molar-refractivity contribution in [2.24, 2.45) is 7.05 Å². The summed E-state index contributed by atoms with van der Waals surface area (Å²) < 4.78 is 19.3. The molecular formula is C25H28N2O5. The zero-order valence-electron chi connectivity index (χ0n) is 18.5. The summed E-state index contributed by atoms with van der Waals surface area (Å²) >= 11 is 0. The Morgan fingerprint density at radius 2 is 1.94 bits per heavy atom. The molecule has 0 unspecified atom stereocenters. The Hall–Kier alpha value is -2.71. The molecule has 2 aromatic heterocycles. The number of hydrogen-bond donors (Lipinski definition) is 2. The van der Waals surface area contributed by atoms with Gasteiger partial charge in [0.15, 0.2) is 6.29 Å². The smallest absolute Gasteiger partial charge is 0.160 e. The van der Waals surface area contributed by atoms with Gasteiger partial charge in [0.25, 0.3) is 0 Å². The molecule has 4 aromatic rings. The molecule has 0 aliphatic carbocycles. The topological polar surface area (TPSA) is 86.0 Å². The largest absolute Gasteiger partial charge is 0.491 e. The van der Waals surface area contributed by atoms with Gasteiger partial charge in [-0.3, -0.25) is 0 Å². The molecule has 1 aliphatic rings. The lowest BCUT2D eigenvalue weighted by atomic mass is 10.0. The number of rotatable bonds is 5. The Balaban J connectivity index is 1.33. The molecule has 0 bridgehead atoms. The molecule has 1 saturated heterocycles. The lowest BCUT2D eigenvalue weighted by molar-refractivity contribution is -0.246. The van der Waals surface area contributed by atoms with Gasteiger partial charge in [0.2, 0.25) is 0 Å². The maximum absolute atomic E-state index is 9.87. The molecule has 168 valence electrons. The number of pyridine rings is 1. The van der Waals surface area contributed by atoms with Crippen molar-refractivity contribution in [1.29, 1.82) is 0 Å². The number of benzene rings is 2. The molecule has 2 aromatic carbocycles. The van der Waals surface area contributed by atoms with Gasteiger partial charge in [-0.2, -0.15) is 0 Å². The number of ether oxygens (including phenoxy) is 3. The van der Waals surface area contributed by atoms with Crippen LogP contribution in [0.3, 0.4) is 0 Å². The number of aromatic nitrogens is 2. The average molecular weight is 437 g/mol. The van der Waals surface area contributed by atoms with Crippen molar-refractivity contribution in [3.63, 3.8) is 0 Å². The highest BCUT2D eigenvalue weighted by atomic mass is 16.7. The molecule has 5 rings (SSSR count). The van der Waals surface area contributed by atoms with Gasteiger partial charge in [-0.25, -0.2) is 4.98 Å². The number of hydrogen-bond acceptors (Lipinski definition) is 6. The van der Waals surface area contributed by atoms with Crippen LogP contribution in [0.15, 0.2) is 42.5 Å². The molecule has 1 fully saturated rings. The molecule has 7 nitrogen and oxygen atoms in total. The molecular weight excluding hydrogens is 408 g/mol. The van der Waals surface area contributed by atoms with E-state index in [9.17, 15) is 10.2 Å². The zero-order valence-corrected chi connectivity index (χ0v) is 18.5. The third-order valence-electron chi connectivity index (χ3n) is 6.38. The summed E-state index contributed by atoms with van der Waals surface area (Å²) in [5.41, 5.74) is 4.26. The monoisotopic (exact) mass is 436 g/mol. The number of para-hydroxylation sites is 1. The number of aliphatic hydroxyl groups excluding tert-OH is 2. The van der Waals surface area contributed by atoms with Crippen molar-refractivity contribution in [2.75, 3.05) is 13.2 Å². The van der Waals surface area contributed by atoms with E-state index in [1.54, 1.807) is 6.92 Å². The van der Waals surface area contributed by atoms with Crippen LogP contribution in [-0.2, 0) is 16.5 Å². The van der Waals surface area contributed by atoms with Gasteiger partial charge in [-0.15, -0.1) is 0 Å². The first-order chi connectivity index (χ1) is 15.4. The van der Waals surface area contributed by atoms with Crippen LogP contribution in [0.25, 0.3) is 32.8 Å². The summed E-state index contributed by atoms with van der Waals surface area (Å²) in [7, 11) is 2.05. The summed E-state index contributed by atoms with van der Waals surface area (Å²) in [4.78, 5) is 4.92. The van der Waals surface area contributed by atoms with Crippen molar-refractivity contribution >= 4 is 32.8 Å². The van der Waals surface area contributed by atoms with E-state index < -0.39 is 24.6 Å². The highest BCUT2D eigenvalue weighted by Gasteiger charge is 2.34. The van der Waals surface area contributed by atoms with Gasteiger partial charge < -0.3 is 29.0 Å². The van der Waals surface area contributed by atoms with E-state index in [-0.39, 0.29) is 6.42 Å². The second-order valence-electron chi connectivity index (χ2n) is 8.47. The summed E-state index contributed by atoms with van der Waals surface area (Å²) in [5, 5.41) is 23.1. The normalized spacial score (nSPS) is 23.9. The number of nitrogens with zero attached hydrogens (tertiary/aromatic N) is 2. The van der Waals surface area contributed by atoms with Crippen LogP contribution < -0.4 is 4.74 Å². The maximum Gasteiger partial charge on any atom is 0.160 e. The van der Waals surface area contributed by atoms with Crippen molar-refractivity contribution in [2.45, 2.75) is 44.9 Å². The van der Waals surface area contributed by atoms with E-state index in [4.69, 9.17) is 19.2 Å². The van der Waals surface area contributed by atoms with Crippen LogP contribution in [0.1, 0.15) is 18.9 Å². The molecule has 0 spiro atoms. The first-order valence-electron chi connectivity index (χ1n) is 11.0. The molecule has 2 N–H and O–H groups in total. The summed E-state index contributed by atoms with van der Waals surface area (Å²) in [5.74, 6) is 0.749. The van der Waals surface area contributed by atoms with Gasteiger partial charge in [0.1, 0.15) is 24.1 Å². The van der Waals surface area contributed by atoms with E-state index in [1.165, 1.54) is 21.9 Å². The third-order valence-corrected chi connectivity index (χ3v) is 6.38. The second kappa shape index (κ2) is 8.33. The molecule has 32 heavy (non-hydrogen) atoms. The fraction of sp³-hybridized carbons (Fsp3) is 0.400. The Kier molecular flexibility index (Phi) is 5.51. The van der Waals surface area contributed by atoms with Gasteiger partial charge in [0.05, 0.1) is 29.8 Å². The van der Waals surface area contributed by atoms with Crippen molar-refractivity contribution in [3.8, 4) is 5.75 Å². The highest BCUT2D eigenvalue weighted by molar-refractivity contribution is 6.12. The van der Waals surface area contributed by atoms with Crippen LogP contribution in [-0.4, -0.2) is 57.6 Å². The summed E-state index contributed by atoms with van der Waals surface area (Å²) in [6.45, 7) is 4.52. The molecule has 0 amide bonds. The van der Waals surface area contributed by atoms with E-state index in [0.717, 1.165) is 22.3 Å². The predicted molar refractivity (Wildman–Crippen MR) is 123 cm³/mol. The van der Waals surface area contributed by atoms with Crippen LogP contribution in [0.5, 0.6) is 5.75 Å². The van der Waals surface area contributed by atoms with Gasteiger partial charge in [-0.05, 0) is 43.7 Å². The van der Waals surface area contributed by atoms with Crippen LogP contribution in [0, 0.1) is 6.92 Å². The predicted octanol–water partition coefficient (Wildman–Crippen LogP) is 3.44. The standard InChI is InChI=1S/C25H28N2O5/c1-14-18-12-16(30-10-11-31-22-13-21(28)24(29)15(2)32-22)8-9-19(18)26-25-23(14)17-6-4-5-7-20(17)27(25)3/h4-9,12,15,21-22,24,28-29H,10-11,13H2,1-3H3/t15-,21-,22+,24-/m0/s1. The van der Waals surface area contributed by atoms with Crippen LogP contribution in [0.2, 0.25) is 0 Å². The van der Waals surface area contributed by atoms with E-state index >= 15 is 0 Å². The van der Waals surface area contributed by atoms with E-state index in [2.05, 4.69) is 36.7 Å². The fourth-order valence-electron chi connectivity index (χ4n) is 4.60. The lowest BCUT2D eigenvalue weighted by Crippen LogP contribution is -2.47. The fourth-order valence-corrected chi connectivity index (χ4v) is 4.60. The van der Waals surface area contributed by atoms with Gasteiger partial charge in [0, 0.05) is 29.6 Å². The van der Waals surface area contributed by atoms with Crippen LogP contribution >= 0.6 is 0 Å². The molecule has 0 radical (unpaired) electrons. The van der Waals surface area contributed by atoms with E-state index in [0.29, 0.717) is 13.2 Å². The minimum absolute atomic E-state index is 0.243. The minimum atomic E-state index is -0.881. The molecule has 0 saturated carbocycles. The Labute approximate surface area is 186 Å². The van der Waals surface area contributed by atoms with Crippen molar-refractivity contribution in [1.82, 2.24) is 9.55 Å². The SMILES string of the molecule is Cc1c2cc(OCCO[C@H]3C[C@H](O)[C@@H](O)[C@H](C)O3)ccc2nc2c1c1ccccc1n2C. The van der Waals surface area contributed by atoms with Crippen molar-refractivity contribution < 1.29 is 24.4 Å². The Morgan fingerprint density at radius 1 is 1.12 bits per heavy atom. The number of aryl methyl sites for hydroxylation is 2. The molecule has 3 heterocycles. The molecule has 4 atom stereocenters. The Bertz CT molecular complexity index is 1270. The average Bonchev–Trinajstić information content (AvgIpc) is 3.08. The van der Waals surface area contributed by atoms with Gasteiger partial charge >= 0.3 is 0 Å². The van der Waals surface area contributed by atoms with Crippen molar-refractivity contribution in [3.05, 3.63) is 48.0 Å². The minimum Gasteiger partial charge on any atom is -0.491 e. The van der Waals surface area contributed by atoms with E-state index in [1.807, 2.05) is 24.3 Å². The summed E-state index contributed by atoms with van der Waals surface area (Å²) in [6.07, 6.45) is -2.49. The molecule has 1 aliphatic heterocycles. The quantitative estimate of drug-likeness (QED) is 0.466. The zero-order chi connectivity index (χ0) is 22.4. The van der Waals surface area contributed by atoms with Gasteiger partial charge in [-0.1, -0.05) is 18.2 Å². The first kappa shape index (κ1) is 21.2. The third kappa shape index (κ3) is 3.61. The number of fused-ring (bicyclic) bond motifs is 4. The Morgan fingerprint density at radius 3 is 2.75 bits per heavy atom. The van der Waals surface area contributed by atoms with Crippen LogP contribution in [0.4, 0.5) is 0 Å². The number of aliphatic hydroxyl groups is 2. The highest BCUT2D eigenvalue weighted by Crippen LogP contribution is 2.34. The first-order valence-corrected chi connectivity index (χ1v) is 11.0. The maximum atomic E-state index is 9.87. The lowest BCUT2D eigenvalue weighted by Gasteiger charge is -2.35. The summed E-state index contributed by atoms with van der Waals surface area (Å²) in [6, 6.07) is 14.3. The second-order valence-corrected chi connectivity index (χ2v) is 8.47. The molecule has 7 heteroatoms.